The van der Waals surface area contributed by atoms with E-state index < -0.39 is 5.60 Å². The van der Waals surface area contributed by atoms with Gasteiger partial charge in [0.05, 0.1) is 6.54 Å². The highest BCUT2D eigenvalue weighted by Gasteiger charge is 2.39. The molecular formula is C14H19NO3. The zero-order valence-corrected chi connectivity index (χ0v) is 10.8. The minimum Gasteiger partial charge on any atom is -0.383 e. The predicted octanol–water partition coefficient (Wildman–Crippen LogP) is 1.06. The largest absolute Gasteiger partial charge is 0.383 e. The van der Waals surface area contributed by atoms with E-state index in [9.17, 15) is 9.90 Å². The molecule has 1 aliphatic rings. The van der Waals surface area contributed by atoms with Crippen molar-refractivity contribution in [3.63, 3.8) is 0 Å². The van der Waals surface area contributed by atoms with E-state index in [1.807, 2.05) is 31.2 Å². The van der Waals surface area contributed by atoms with E-state index in [-0.39, 0.29) is 12.5 Å². The number of β-amino-alcohol motifs (C(OH)–C–C–N with tert-alkyl or cyclic N) is 1. The van der Waals surface area contributed by atoms with Crippen LogP contribution in [0.15, 0.2) is 24.3 Å². The quantitative estimate of drug-likeness (QED) is 0.871. The molecule has 98 valence electrons. The molecule has 1 heterocycles. The number of likely N-dealkylation sites (tertiary alicyclic amines) is 1. The molecule has 4 nitrogen and oxygen atoms in total. The summed E-state index contributed by atoms with van der Waals surface area (Å²) >= 11 is 0. The third-order valence-electron chi connectivity index (χ3n) is 3.46. The minimum atomic E-state index is -0.920. The number of amides is 1. The van der Waals surface area contributed by atoms with Crippen molar-refractivity contribution in [1.82, 2.24) is 4.90 Å². The molecule has 2 rings (SSSR count). The number of rotatable bonds is 3. The van der Waals surface area contributed by atoms with Gasteiger partial charge in [-0.1, -0.05) is 29.8 Å². The molecule has 0 spiro atoms. The lowest BCUT2D eigenvalue weighted by atomic mass is 9.92. The van der Waals surface area contributed by atoms with Crippen LogP contribution in [0.1, 0.15) is 17.5 Å². The first kappa shape index (κ1) is 13.1. The molecule has 1 saturated heterocycles. The highest BCUT2D eigenvalue weighted by Crippen LogP contribution is 2.32. The van der Waals surface area contributed by atoms with Crippen molar-refractivity contribution in [2.45, 2.75) is 18.9 Å². The van der Waals surface area contributed by atoms with E-state index in [1.165, 1.54) is 7.11 Å². The fraction of sp³-hybridized carbons (Fsp3) is 0.500. The molecule has 1 aromatic carbocycles. The zero-order chi connectivity index (χ0) is 13.2. The Morgan fingerprint density at radius 2 is 2.11 bits per heavy atom. The maximum Gasteiger partial charge on any atom is 0.248 e. The van der Waals surface area contributed by atoms with Crippen molar-refractivity contribution in [2.75, 3.05) is 26.8 Å². The van der Waals surface area contributed by atoms with Crippen molar-refractivity contribution in [3.05, 3.63) is 35.4 Å². The number of hydrogen-bond acceptors (Lipinski definition) is 3. The van der Waals surface area contributed by atoms with E-state index in [0.29, 0.717) is 19.5 Å². The van der Waals surface area contributed by atoms with Gasteiger partial charge in [0.25, 0.3) is 0 Å². The predicted molar refractivity (Wildman–Crippen MR) is 68.1 cm³/mol. The molecule has 1 amide bonds. The lowest BCUT2D eigenvalue weighted by Gasteiger charge is -2.24. The molecule has 0 aromatic heterocycles. The first-order chi connectivity index (χ1) is 8.55. The minimum absolute atomic E-state index is 0.0689. The number of hydrogen-bond donors (Lipinski definition) is 1. The summed E-state index contributed by atoms with van der Waals surface area (Å²) in [6.07, 6.45) is 0.575. The smallest absolute Gasteiger partial charge is 0.248 e. The average molecular weight is 249 g/mol. The molecule has 0 saturated carbocycles. The maximum absolute atomic E-state index is 11.7. The first-order valence-corrected chi connectivity index (χ1v) is 6.11. The van der Waals surface area contributed by atoms with Gasteiger partial charge in [0.1, 0.15) is 12.2 Å². The second kappa shape index (κ2) is 5.08. The number of ether oxygens (including phenoxy) is 1. The number of aryl methyl sites for hydroxylation is 1. The van der Waals surface area contributed by atoms with E-state index in [4.69, 9.17) is 4.74 Å². The van der Waals surface area contributed by atoms with Gasteiger partial charge in [0, 0.05) is 13.7 Å². The number of carbonyl (C=O) groups is 1. The summed E-state index contributed by atoms with van der Waals surface area (Å²) in [5.74, 6) is -0.0689. The van der Waals surface area contributed by atoms with Gasteiger partial charge >= 0.3 is 0 Å². The van der Waals surface area contributed by atoms with Gasteiger partial charge in [-0.3, -0.25) is 4.79 Å². The normalized spacial score (nSPS) is 23.4. The topological polar surface area (TPSA) is 49.8 Å². The van der Waals surface area contributed by atoms with Crippen molar-refractivity contribution in [3.8, 4) is 0 Å². The molecule has 0 aliphatic carbocycles. The number of carbonyl (C=O) groups excluding carboxylic acids is 1. The number of benzene rings is 1. The van der Waals surface area contributed by atoms with E-state index in [2.05, 4.69) is 0 Å². The fourth-order valence-electron chi connectivity index (χ4n) is 2.32. The van der Waals surface area contributed by atoms with Crippen molar-refractivity contribution < 1.29 is 14.6 Å². The van der Waals surface area contributed by atoms with Crippen LogP contribution in [0, 0.1) is 6.92 Å². The zero-order valence-electron chi connectivity index (χ0n) is 10.8. The molecule has 1 N–H and O–H groups in total. The Balaban J connectivity index is 2.10. The van der Waals surface area contributed by atoms with Crippen LogP contribution in [0.2, 0.25) is 0 Å². The Hall–Kier alpha value is -1.39. The number of aliphatic hydroxyl groups is 1. The second-order valence-electron chi connectivity index (χ2n) is 4.90. The standard InChI is InChI=1S/C14H19NO3/c1-11-3-5-12(6-4-11)14(17)7-8-15(10-14)13(16)9-18-2/h3-6,17H,7-10H2,1-2H3. The molecule has 1 fully saturated rings. The molecule has 1 aliphatic heterocycles. The van der Waals surface area contributed by atoms with Crippen LogP contribution in [0.5, 0.6) is 0 Å². The van der Waals surface area contributed by atoms with Crippen molar-refractivity contribution in [1.29, 1.82) is 0 Å². The lowest BCUT2D eigenvalue weighted by Crippen LogP contribution is -2.36. The summed E-state index contributed by atoms with van der Waals surface area (Å²) in [4.78, 5) is 13.4. The van der Waals surface area contributed by atoms with Crippen LogP contribution in [-0.2, 0) is 15.1 Å². The highest BCUT2D eigenvalue weighted by molar-refractivity contribution is 5.77. The van der Waals surface area contributed by atoms with E-state index in [0.717, 1.165) is 11.1 Å². The average Bonchev–Trinajstić information content (AvgIpc) is 2.74. The highest BCUT2D eigenvalue weighted by atomic mass is 16.5. The Kier molecular flexibility index (Phi) is 3.68. The van der Waals surface area contributed by atoms with Gasteiger partial charge in [-0.25, -0.2) is 0 Å². The summed E-state index contributed by atoms with van der Waals surface area (Å²) < 4.78 is 4.83. The third-order valence-corrected chi connectivity index (χ3v) is 3.46. The monoisotopic (exact) mass is 249 g/mol. The van der Waals surface area contributed by atoms with Gasteiger partial charge in [-0.15, -0.1) is 0 Å². The van der Waals surface area contributed by atoms with Gasteiger partial charge in [-0.05, 0) is 18.9 Å². The summed E-state index contributed by atoms with van der Waals surface area (Å²) in [6, 6.07) is 7.82. The molecule has 18 heavy (non-hydrogen) atoms. The van der Waals surface area contributed by atoms with Crippen LogP contribution >= 0.6 is 0 Å². The van der Waals surface area contributed by atoms with Crippen molar-refractivity contribution >= 4 is 5.91 Å². The lowest BCUT2D eigenvalue weighted by molar-refractivity contribution is -0.135. The summed E-state index contributed by atoms with van der Waals surface area (Å²) in [6.45, 7) is 3.01. The molecule has 1 aromatic rings. The van der Waals surface area contributed by atoms with Gasteiger partial charge in [0.2, 0.25) is 5.91 Å². The van der Waals surface area contributed by atoms with Crippen LogP contribution in [0.3, 0.4) is 0 Å². The van der Waals surface area contributed by atoms with Gasteiger partial charge in [-0.2, -0.15) is 0 Å². The molecule has 4 heteroatoms. The molecular weight excluding hydrogens is 230 g/mol. The second-order valence-corrected chi connectivity index (χ2v) is 4.90. The molecule has 0 bridgehead atoms. The van der Waals surface area contributed by atoms with Crippen molar-refractivity contribution in [2.24, 2.45) is 0 Å². The fourth-order valence-corrected chi connectivity index (χ4v) is 2.32. The van der Waals surface area contributed by atoms with E-state index in [1.54, 1.807) is 4.90 Å². The van der Waals surface area contributed by atoms with Crippen LogP contribution < -0.4 is 0 Å². The number of methoxy groups -OCH3 is 1. The Bertz CT molecular complexity index is 429. The van der Waals surface area contributed by atoms with Crippen LogP contribution in [-0.4, -0.2) is 42.7 Å². The van der Waals surface area contributed by atoms with Crippen LogP contribution in [0.25, 0.3) is 0 Å². The maximum atomic E-state index is 11.7. The molecule has 1 atom stereocenters. The van der Waals surface area contributed by atoms with Crippen LogP contribution in [0.4, 0.5) is 0 Å². The van der Waals surface area contributed by atoms with E-state index >= 15 is 0 Å². The Morgan fingerprint density at radius 1 is 1.44 bits per heavy atom. The Labute approximate surface area is 107 Å². The summed E-state index contributed by atoms with van der Waals surface area (Å²) in [5.41, 5.74) is 1.12. The van der Waals surface area contributed by atoms with Gasteiger partial charge in [0.15, 0.2) is 0 Å². The van der Waals surface area contributed by atoms with Gasteiger partial charge < -0.3 is 14.7 Å². The number of nitrogens with zero attached hydrogens (tertiary/aromatic N) is 1. The Morgan fingerprint density at radius 3 is 2.72 bits per heavy atom. The first-order valence-electron chi connectivity index (χ1n) is 6.11. The molecule has 0 radical (unpaired) electrons. The molecule has 1 unspecified atom stereocenters. The SMILES string of the molecule is COCC(=O)N1CCC(O)(c2ccc(C)cc2)C1. The summed E-state index contributed by atoms with van der Waals surface area (Å²) in [5, 5.41) is 10.6. The third kappa shape index (κ3) is 2.54. The summed E-state index contributed by atoms with van der Waals surface area (Å²) in [7, 11) is 1.50.